The molecule has 2 aromatic rings. The maximum absolute atomic E-state index is 12.8. The van der Waals surface area contributed by atoms with Crippen molar-refractivity contribution >= 4 is 11.6 Å². The largest absolute Gasteiger partial charge is 0.322 e. The summed E-state index contributed by atoms with van der Waals surface area (Å²) in [4.78, 5) is 12.0. The fourth-order valence-electron chi connectivity index (χ4n) is 1.76. The number of halogens is 1. The summed E-state index contributed by atoms with van der Waals surface area (Å²) in [5, 5.41) is 2.73. The lowest BCUT2D eigenvalue weighted by molar-refractivity contribution is 0.102. The van der Waals surface area contributed by atoms with Crippen LogP contribution in [-0.2, 0) is 0 Å². The Kier molecular flexibility index (Phi) is 3.95. The van der Waals surface area contributed by atoms with Crippen molar-refractivity contribution in [2.75, 3.05) is 5.32 Å². The first kappa shape index (κ1) is 13.3. The number of benzene rings is 2. The number of anilines is 1. The lowest BCUT2D eigenvalue weighted by Crippen LogP contribution is -2.11. The van der Waals surface area contributed by atoms with Crippen LogP contribution < -0.4 is 5.32 Å². The normalized spacial score (nSPS) is 10.5. The molecule has 0 unspecified atom stereocenters. The maximum atomic E-state index is 12.8. The fraction of sp³-hybridized carbons (Fsp3) is 0.188. The van der Waals surface area contributed by atoms with E-state index in [1.54, 1.807) is 12.1 Å². The van der Waals surface area contributed by atoms with E-state index in [0.29, 0.717) is 17.2 Å². The summed E-state index contributed by atoms with van der Waals surface area (Å²) in [6, 6.07) is 13.2. The first-order chi connectivity index (χ1) is 9.06. The number of rotatable bonds is 3. The van der Waals surface area contributed by atoms with E-state index in [-0.39, 0.29) is 11.7 Å². The highest BCUT2D eigenvalue weighted by molar-refractivity contribution is 6.04. The molecule has 2 nitrogen and oxygen atoms in total. The number of carbonyl (C=O) groups is 1. The molecule has 2 aromatic carbocycles. The molecule has 1 amide bonds. The molecule has 0 bridgehead atoms. The predicted molar refractivity (Wildman–Crippen MR) is 74.9 cm³/mol. The van der Waals surface area contributed by atoms with Gasteiger partial charge in [-0.05, 0) is 47.9 Å². The summed E-state index contributed by atoms with van der Waals surface area (Å²) in [5.74, 6) is -0.0737. The monoisotopic (exact) mass is 257 g/mol. The Morgan fingerprint density at radius 3 is 2.11 bits per heavy atom. The van der Waals surface area contributed by atoms with E-state index in [9.17, 15) is 9.18 Å². The zero-order chi connectivity index (χ0) is 13.8. The molecule has 0 saturated carbocycles. The van der Waals surface area contributed by atoms with Gasteiger partial charge in [-0.3, -0.25) is 4.79 Å². The summed E-state index contributed by atoms with van der Waals surface area (Å²) < 4.78 is 12.8. The topological polar surface area (TPSA) is 29.1 Å². The lowest BCUT2D eigenvalue weighted by Gasteiger charge is -2.08. The van der Waals surface area contributed by atoms with Gasteiger partial charge in [0.15, 0.2) is 0 Å². The van der Waals surface area contributed by atoms with Gasteiger partial charge in [0.1, 0.15) is 5.82 Å². The van der Waals surface area contributed by atoms with Crippen molar-refractivity contribution in [3.05, 3.63) is 65.5 Å². The Hall–Kier alpha value is -2.16. The second kappa shape index (κ2) is 5.65. The highest BCUT2D eigenvalue weighted by Crippen LogP contribution is 2.16. The van der Waals surface area contributed by atoms with E-state index < -0.39 is 0 Å². The third kappa shape index (κ3) is 3.41. The quantitative estimate of drug-likeness (QED) is 0.877. The summed E-state index contributed by atoms with van der Waals surface area (Å²) >= 11 is 0. The van der Waals surface area contributed by atoms with Gasteiger partial charge in [0.2, 0.25) is 0 Å². The van der Waals surface area contributed by atoms with Crippen LogP contribution in [0.5, 0.6) is 0 Å². The Bertz CT molecular complexity index is 558. The van der Waals surface area contributed by atoms with E-state index in [0.717, 1.165) is 0 Å². The van der Waals surface area contributed by atoms with Crippen molar-refractivity contribution in [1.82, 2.24) is 0 Å². The van der Waals surface area contributed by atoms with E-state index in [4.69, 9.17) is 0 Å². The summed E-state index contributed by atoms with van der Waals surface area (Å²) in [6.07, 6.45) is 0. The smallest absolute Gasteiger partial charge is 0.255 e. The van der Waals surface area contributed by atoms with Crippen LogP contribution in [-0.4, -0.2) is 5.91 Å². The van der Waals surface area contributed by atoms with Crippen LogP contribution in [0.25, 0.3) is 0 Å². The zero-order valence-electron chi connectivity index (χ0n) is 11.0. The first-order valence-corrected chi connectivity index (χ1v) is 6.23. The molecule has 0 atom stereocenters. The van der Waals surface area contributed by atoms with Gasteiger partial charge in [0, 0.05) is 11.3 Å². The van der Waals surface area contributed by atoms with Gasteiger partial charge in [-0.2, -0.15) is 0 Å². The van der Waals surface area contributed by atoms with Crippen molar-refractivity contribution in [2.24, 2.45) is 0 Å². The average molecular weight is 257 g/mol. The second-order valence-electron chi connectivity index (χ2n) is 4.74. The van der Waals surface area contributed by atoms with E-state index in [2.05, 4.69) is 19.2 Å². The Balaban J connectivity index is 2.09. The van der Waals surface area contributed by atoms with Gasteiger partial charge in [0.05, 0.1) is 0 Å². The molecule has 0 aliphatic rings. The first-order valence-electron chi connectivity index (χ1n) is 6.23. The summed E-state index contributed by atoms with van der Waals surface area (Å²) in [7, 11) is 0. The number of amides is 1. The molecule has 0 fully saturated rings. The second-order valence-corrected chi connectivity index (χ2v) is 4.74. The molecule has 0 spiro atoms. The minimum atomic E-state index is -0.320. The molecule has 0 radical (unpaired) electrons. The number of carbonyl (C=O) groups excluding carboxylic acids is 1. The van der Waals surface area contributed by atoms with Gasteiger partial charge in [-0.15, -0.1) is 0 Å². The Labute approximate surface area is 112 Å². The molecule has 3 heteroatoms. The minimum Gasteiger partial charge on any atom is -0.322 e. The molecule has 2 rings (SSSR count). The molecule has 0 aromatic heterocycles. The standard InChI is InChI=1S/C16H16FNO/c1-11(2)12-3-5-13(6-4-12)16(19)18-15-9-7-14(17)8-10-15/h3-11H,1-2H3,(H,18,19). The number of hydrogen-bond acceptors (Lipinski definition) is 1. The van der Waals surface area contributed by atoms with Crippen molar-refractivity contribution in [3.8, 4) is 0 Å². The van der Waals surface area contributed by atoms with Gasteiger partial charge in [-0.25, -0.2) is 4.39 Å². The lowest BCUT2D eigenvalue weighted by atomic mass is 10.0. The van der Waals surface area contributed by atoms with Crippen LogP contribution in [0, 0.1) is 5.82 Å². The van der Waals surface area contributed by atoms with Gasteiger partial charge in [0.25, 0.3) is 5.91 Å². The SMILES string of the molecule is CC(C)c1ccc(C(=O)Nc2ccc(F)cc2)cc1. The van der Waals surface area contributed by atoms with Crippen molar-refractivity contribution in [2.45, 2.75) is 19.8 Å². The van der Waals surface area contributed by atoms with Gasteiger partial charge < -0.3 is 5.32 Å². The van der Waals surface area contributed by atoms with Crippen LogP contribution >= 0.6 is 0 Å². The summed E-state index contributed by atoms with van der Waals surface area (Å²) in [6.45, 7) is 4.21. The predicted octanol–water partition coefficient (Wildman–Crippen LogP) is 4.20. The van der Waals surface area contributed by atoms with E-state index in [1.807, 2.05) is 12.1 Å². The van der Waals surface area contributed by atoms with Crippen molar-refractivity contribution < 1.29 is 9.18 Å². The van der Waals surface area contributed by atoms with E-state index >= 15 is 0 Å². The number of nitrogens with one attached hydrogen (secondary N) is 1. The molecule has 0 aliphatic heterocycles. The molecular formula is C16H16FNO. The molecular weight excluding hydrogens is 241 g/mol. The Morgan fingerprint density at radius 1 is 1.00 bits per heavy atom. The van der Waals surface area contributed by atoms with Crippen LogP contribution in [0.15, 0.2) is 48.5 Å². The fourth-order valence-corrected chi connectivity index (χ4v) is 1.76. The third-order valence-electron chi connectivity index (χ3n) is 2.94. The van der Waals surface area contributed by atoms with Crippen molar-refractivity contribution in [1.29, 1.82) is 0 Å². The highest BCUT2D eigenvalue weighted by Gasteiger charge is 2.07. The number of hydrogen-bond donors (Lipinski definition) is 1. The zero-order valence-corrected chi connectivity index (χ0v) is 11.0. The average Bonchev–Trinajstić information content (AvgIpc) is 2.41. The molecule has 98 valence electrons. The highest BCUT2D eigenvalue weighted by atomic mass is 19.1. The summed E-state index contributed by atoms with van der Waals surface area (Å²) in [5.41, 5.74) is 2.37. The van der Waals surface area contributed by atoms with Crippen LogP contribution in [0.1, 0.15) is 35.7 Å². The third-order valence-corrected chi connectivity index (χ3v) is 2.94. The van der Waals surface area contributed by atoms with Crippen LogP contribution in [0.3, 0.4) is 0 Å². The minimum absolute atomic E-state index is 0.193. The molecule has 0 saturated heterocycles. The molecule has 0 aliphatic carbocycles. The van der Waals surface area contributed by atoms with Gasteiger partial charge in [-0.1, -0.05) is 26.0 Å². The Morgan fingerprint density at radius 2 is 1.58 bits per heavy atom. The van der Waals surface area contributed by atoms with Crippen LogP contribution in [0.4, 0.5) is 10.1 Å². The van der Waals surface area contributed by atoms with E-state index in [1.165, 1.54) is 29.8 Å². The van der Waals surface area contributed by atoms with Crippen molar-refractivity contribution in [3.63, 3.8) is 0 Å². The molecule has 19 heavy (non-hydrogen) atoms. The maximum Gasteiger partial charge on any atom is 0.255 e. The molecule has 1 N–H and O–H groups in total. The van der Waals surface area contributed by atoms with Gasteiger partial charge >= 0.3 is 0 Å². The molecule has 0 heterocycles. The van der Waals surface area contributed by atoms with Crippen LogP contribution in [0.2, 0.25) is 0 Å².